The molecular formula is C49H97NO4. The predicted molar refractivity (Wildman–Crippen MR) is 236 cm³/mol. The van der Waals surface area contributed by atoms with Gasteiger partial charge in [-0.3, -0.25) is 4.79 Å². The molecule has 1 amide bonds. The lowest BCUT2D eigenvalue weighted by Gasteiger charge is -2.26. The van der Waals surface area contributed by atoms with E-state index in [1.165, 1.54) is 205 Å². The van der Waals surface area contributed by atoms with Crippen molar-refractivity contribution in [2.45, 2.75) is 289 Å². The second kappa shape index (κ2) is 44.8. The molecule has 5 heteroatoms. The molecule has 0 aromatic rings. The molecule has 0 saturated heterocycles. The highest BCUT2D eigenvalue weighted by Gasteiger charge is 2.26. The van der Waals surface area contributed by atoms with Gasteiger partial charge in [0.15, 0.2) is 0 Å². The number of carbonyl (C=O) groups is 1. The molecule has 322 valence electrons. The van der Waals surface area contributed by atoms with Crippen molar-refractivity contribution in [3.63, 3.8) is 0 Å². The summed E-state index contributed by atoms with van der Waals surface area (Å²) in [5.74, 6) is -0.142. The third kappa shape index (κ3) is 39.3. The predicted octanol–water partition coefficient (Wildman–Crippen LogP) is 14.4. The lowest BCUT2D eigenvalue weighted by atomic mass is 9.99. The molecular weight excluding hydrogens is 667 g/mol. The van der Waals surface area contributed by atoms with Gasteiger partial charge in [-0.25, -0.2) is 0 Å². The SMILES string of the molecule is CCCCCCCCCCCCCC/C=C\CCCCCCCCCCCCCCCCC(=O)NC(CO)C(O)C(O)CCCCCCCCCCCC. The van der Waals surface area contributed by atoms with Crippen LogP contribution in [-0.4, -0.2) is 46.1 Å². The second-order valence-corrected chi connectivity index (χ2v) is 17.0. The van der Waals surface area contributed by atoms with E-state index in [2.05, 4.69) is 31.3 Å². The molecule has 0 aliphatic carbocycles. The number of aliphatic hydroxyl groups is 3. The molecule has 3 unspecified atom stereocenters. The highest BCUT2D eigenvalue weighted by atomic mass is 16.3. The average molecular weight is 764 g/mol. The number of hydrogen-bond donors (Lipinski definition) is 4. The first-order chi connectivity index (χ1) is 26.6. The maximum absolute atomic E-state index is 12.4. The van der Waals surface area contributed by atoms with Crippen LogP contribution < -0.4 is 5.32 Å². The Morgan fingerprint density at radius 2 is 0.741 bits per heavy atom. The zero-order valence-corrected chi connectivity index (χ0v) is 36.6. The van der Waals surface area contributed by atoms with Crippen LogP contribution in [0.4, 0.5) is 0 Å². The van der Waals surface area contributed by atoms with Crippen LogP contribution in [0.25, 0.3) is 0 Å². The van der Waals surface area contributed by atoms with Crippen LogP contribution in [0, 0.1) is 0 Å². The van der Waals surface area contributed by atoms with Crippen molar-refractivity contribution >= 4 is 5.91 Å². The van der Waals surface area contributed by atoms with E-state index in [-0.39, 0.29) is 12.5 Å². The zero-order chi connectivity index (χ0) is 39.4. The molecule has 0 saturated carbocycles. The molecule has 3 atom stereocenters. The summed E-state index contributed by atoms with van der Waals surface area (Å²) in [5.41, 5.74) is 0. The Kier molecular flexibility index (Phi) is 44.0. The van der Waals surface area contributed by atoms with Crippen molar-refractivity contribution in [2.24, 2.45) is 0 Å². The minimum atomic E-state index is -1.13. The Morgan fingerprint density at radius 3 is 1.07 bits per heavy atom. The van der Waals surface area contributed by atoms with E-state index in [1.807, 2.05) is 0 Å². The summed E-state index contributed by atoms with van der Waals surface area (Å²) in [7, 11) is 0. The zero-order valence-electron chi connectivity index (χ0n) is 36.6. The molecule has 0 aliphatic rings. The minimum Gasteiger partial charge on any atom is -0.394 e. The molecule has 0 radical (unpaired) electrons. The fourth-order valence-electron chi connectivity index (χ4n) is 7.81. The summed E-state index contributed by atoms with van der Waals surface area (Å²) in [4.78, 5) is 12.4. The number of unbranched alkanes of at least 4 members (excludes halogenated alkanes) is 35. The number of rotatable bonds is 45. The number of allylic oxidation sites excluding steroid dienone is 2. The van der Waals surface area contributed by atoms with E-state index in [0.29, 0.717) is 12.8 Å². The maximum Gasteiger partial charge on any atom is 0.220 e. The molecule has 54 heavy (non-hydrogen) atoms. The molecule has 0 spiro atoms. The van der Waals surface area contributed by atoms with Gasteiger partial charge in [0.1, 0.15) is 6.10 Å². The fourth-order valence-corrected chi connectivity index (χ4v) is 7.81. The van der Waals surface area contributed by atoms with E-state index < -0.39 is 18.2 Å². The first-order valence-corrected chi connectivity index (χ1v) is 24.5. The van der Waals surface area contributed by atoms with E-state index in [0.717, 1.165) is 38.5 Å². The lowest BCUT2D eigenvalue weighted by molar-refractivity contribution is -0.124. The number of carbonyl (C=O) groups excluding carboxylic acids is 1. The highest BCUT2D eigenvalue weighted by molar-refractivity contribution is 5.76. The lowest BCUT2D eigenvalue weighted by Crippen LogP contribution is -2.50. The molecule has 0 bridgehead atoms. The summed E-state index contributed by atoms with van der Waals surface area (Å²) < 4.78 is 0. The van der Waals surface area contributed by atoms with Crippen LogP contribution in [0.2, 0.25) is 0 Å². The molecule has 0 aliphatic heterocycles. The van der Waals surface area contributed by atoms with E-state index in [4.69, 9.17) is 0 Å². The first-order valence-electron chi connectivity index (χ1n) is 24.5. The third-order valence-electron chi connectivity index (χ3n) is 11.6. The maximum atomic E-state index is 12.4. The Balaban J connectivity index is 3.47. The minimum absolute atomic E-state index is 0.142. The van der Waals surface area contributed by atoms with Crippen LogP contribution in [-0.2, 0) is 4.79 Å². The highest BCUT2D eigenvalue weighted by Crippen LogP contribution is 2.17. The van der Waals surface area contributed by atoms with Gasteiger partial charge < -0.3 is 20.6 Å². The van der Waals surface area contributed by atoms with Gasteiger partial charge in [-0.2, -0.15) is 0 Å². The van der Waals surface area contributed by atoms with E-state index in [9.17, 15) is 20.1 Å². The largest absolute Gasteiger partial charge is 0.394 e. The monoisotopic (exact) mass is 764 g/mol. The van der Waals surface area contributed by atoms with Crippen molar-refractivity contribution in [3.05, 3.63) is 12.2 Å². The van der Waals surface area contributed by atoms with E-state index >= 15 is 0 Å². The van der Waals surface area contributed by atoms with Crippen LogP contribution in [0.5, 0.6) is 0 Å². The second-order valence-electron chi connectivity index (χ2n) is 17.0. The molecule has 0 aromatic carbocycles. The van der Waals surface area contributed by atoms with Gasteiger partial charge in [-0.1, -0.05) is 238 Å². The van der Waals surface area contributed by atoms with Gasteiger partial charge in [-0.15, -0.1) is 0 Å². The van der Waals surface area contributed by atoms with Gasteiger partial charge in [0, 0.05) is 6.42 Å². The van der Waals surface area contributed by atoms with Crippen molar-refractivity contribution in [1.82, 2.24) is 5.32 Å². The van der Waals surface area contributed by atoms with Crippen molar-refractivity contribution in [3.8, 4) is 0 Å². The van der Waals surface area contributed by atoms with Gasteiger partial charge in [0.2, 0.25) is 5.91 Å². The average Bonchev–Trinajstić information content (AvgIpc) is 3.18. The Morgan fingerprint density at radius 1 is 0.444 bits per heavy atom. The summed E-state index contributed by atoms with van der Waals surface area (Å²) >= 11 is 0. The standard InChI is InChI=1S/C49H97NO4/c1-3-5-7-9-11-13-15-16-17-18-19-20-21-22-23-24-25-26-27-28-29-30-31-32-33-34-36-38-40-42-44-48(53)50-46(45-51)49(54)47(52)43-41-39-37-35-14-12-10-8-6-4-2/h22-23,46-47,49,51-52,54H,3-21,24-45H2,1-2H3,(H,50,53)/b23-22-. The van der Waals surface area contributed by atoms with E-state index in [1.54, 1.807) is 0 Å². The van der Waals surface area contributed by atoms with Crippen LogP contribution in [0.15, 0.2) is 12.2 Å². The van der Waals surface area contributed by atoms with Crippen LogP contribution in [0.3, 0.4) is 0 Å². The third-order valence-corrected chi connectivity index (χ3v) is 11.6. The summed E-state index contributed by atoms with van der Waals surface area (Å²) in [5, 5.41) is 33.5. The van der Waals surface area contributed by atoms with Crippen molar-refractivity contribution < 1.29 is 20.1 Å². The topological polar surface area (TPSA) is 89.8 Å². The quantitative estimate of drug-likeness (QED) is 0.0367. The molecule has 0 heterocycles. The van der Waals surface area contributed by atoms with Crippen molar-refractivity contribution in [1.29, 1.82) is 0 Å². The first kappa shape index (κ1) is 53.1. The van der Waals surface area contributed by atoms with Gasteiger partial charge in [0.25, 0.3) is 0 Å². The normalized spacial score (nSPS) is 13.5. The smallest absolute Gasteiger partial charge is 0.220 e. The molecule has 0 rings (SSSR count). The Hall–Kier alpha value is -0.910. The van der Waals surface area contributed by atoms with Gasteiger partial charge in [0.05, 0.1) is 18.8 Å². The van der Waals surface area contributed by atoms with Crippen LogP contribution in [0.1, 0.15) is 271 Å². The summed E-state index contributed by atoms with van der Waals surface area (Å²) in [6.45, 7) is 4.18. The number of amides is 1. The van der Waals surface area contributed by atoms with Crippen molar-refractivity contribution in [2.75, 3.05) is 6.61 Å². The number of aliphatic hydroxyl groups excluding tert-OH is 3. The Labute approximate surface area is 338 Å². The number of hydrogen-bond acceptors (Lipinski definition) is 4. The molecule has 4 N–H and O–H groups in total. The van der Waals surface area contributed by atoms with Gasteiger partial charge >= 0.3 is 0 Å². The Bertz CT molecular complexity index is 758. The fraction of sp³-hybridized carbons (Fsp3) is 0.939. The van der Waals surface area contributed by atoms with Crippen LogP contribution >= 0.6 is 0 Å². The van der Waals surface area contributed by atoms with Gasteiger partial charge in [-0.05, 0) is 38.5 Å². The number of nitrogens with one attached hydrogen (secondary N) is 1. The molecule has 0 aromatic heterocycles. The molecule has 5 nitrogen and oxygen atoms in total. The molecule has 0 fully saturated rings. The summed E-state index contributed by atoms with van der Waals surface area (Å²) in [6, 6.07) is -0.804. The summed E-state index contributed by atoms with van der Waals surface area (Å²) in [6.07, 6.45) is 53.6.